The van der Waals surface area contributed by atoms with E-state index >= 15 is 0 Å². The number of aliphatic hydroxyl groups is 1. The minimum absolute atomic E-state index is 0.0749. The van der Waals surface area contributed by atoms with E-state index in [9.17, 15) is 4.79 Å². The summed E-state index contributed by atoms with van der Waals surface area (Å²) in [5.41, 5.74) is 4.53. The summed E-state index contributed by atoms with van der Waals surface area (Å²) in [4.78, 5) is 14.2. The van der Waals surface area contributed by atoms with Crippen molar-refractivity contribution in [1.29, 1.82) is 0 Å². The number of amides is 1. The molecule has 1 aliphatic carbocycles. The summed E-state index contributed by atoms with van der Waals surface area (Å²) >= 11 is 0. The standard InChI is InChI=1S/C12H23N3O3/c1-12(2,10(13)14-18)11(17)15(7-8-16)9-5-3-4-6-9/h9,16,18H,3-8H2,1-2H3,(H2,13,14). The van der Waals surface area contributed by atoms with Crippen LogP contribution in [0.2, 0.25) is 0 Å². The molecule has 1 amide bonds. The summed E-state index contributed by atoms with van der Waals surface area (Å²) in [6.45, 7) is 3.48. The van der Waals surface area contributed by atoms with E-state index in [-0.39, 0.29) is 24.4 Å². The van der Waals surface area contributed by atoms with Crippen LogP contribution in [0, 0.1) is 5.41 Å². The third kappa shape index (κ3) is 2.93. The Kier molecular flexibility index (Phi) is 4.95. The Balaban J connectivity index is 2.88. The molecule has 6 nitrogen and oxygen atoms in total. The molecule has 0 spiro atoms. The van der Waals surface area contributed by atoms with E-state index in [1.165, 1.54) is 0 Å². The molecular weight excluding hydrogens is 234 g/mol. The van der Waals surface area contributed by atoms with Crippen molar-refractivity contribution in [3.05, 3.63) is 0 Å². The molecule has 6 heteroatoms. The van der Waals surface area contributed by atoms with Gasteiger partial charge in [-0.2, -0.15) is 0 Å². The van der Waals surface area contributed by atoms with Crippen LogP contribution in [0.3, 0.4) is 0 Å². The number of hydrogen-bond acceptors (Lipinski definition) is 4. The van der Waals surface area contributed by atoms with Crippen LogP contribution in [0.4, 0.5) is 0 Å². The van der Waals surface area contributed by atoms with Crippen molar-refractivity contribution < 1.29 is 15.1 Å². The van der Waals surface area contributed by atoms with Crippen molar-refractivity contribution >= 4 is 11.7 Å². The first-order valence-electron chi connectivity index (χ1n) is 6.35. The SMILES string of the molecule is CC(C)(C(=O)N(CCO)C1CCCC1)C(N)=NO. The lowest BCUT2D eigenvalue weighted by Gasteiger charge is -2.34. The molecule has 0 heterocycles. The van der Waals surface area contributed by atoms with Gasteiger partial charge in [-0.05, 0) is 26.7 Å². The highest BCUT2D eigenvalue weighted by Crippen LogP contribution is 2.28. The first-order chi connectivity index (χ1) is 8.45. The fourth-order valence-electron chi connectivity index (χ4n) is 2.37. The van der Waals surface area contributed by atoms with Crippen molar-refractivity contribution in [2.45, 2.75) is 45.6 Å². The van der Waals surface area contributed by atoms with Gasteiger partial charge in [0.25, 0.3) is 0 Å². The van der Waals surface area contributed by atoms with Crippen molar-refractivity contribution in [1.82, 2.24) is 4.90 Å². The summed E-state index contributed by atoms with van der Waals surface area (Å²) in [6, 6.07) is 0.162. The van der Waals surface area contributed by atoms with Gasteiger partial charge >= 0.3 is 0 Å². The molecule has 0 aromatic rings. The summed E-state index contributed by atoms with van der Waals surface area (Å²) in [5.74, 6) is -0.299. The molecule has 0 radical (unpaired) electrons. The number of nitrogens with two attached hydrogens (primary N) is 1. The van der Waals surface area contributed by atoms with Crippen molar-refractivity contribution in [3.63, 3.8) is 0 Å². The molecule has 1 saturated carbocycles. The molecule has 0 aromatic carbocycles. The number of rotatable bonds is 5. The molecule has 0 saturated heterocycles. The lowest BCUT2D eigenvalue weighted by molar-refractivity contribution is -0.140. The third-order valence-corrected chi connectivity index (χ3v) is 3.65. The lowest BCUT2D eigenvalue weighted by Crippen LogP contribution is -2.51. The highest BCUT2D eigenvalue weighted by molar-refractivity contribution is 6.06. The van der Waals surface area contributed by atoms with Crippen molar-refractivity contribution in [2.75, 3.05) is 13.2 Å². The van der Waals surface area contributed by atoms with E-state index in [1.807, 2.05) is 0 Å². The van der Waals surface area contributed by atoms with Gasteiger partial charge in [0.1, 0.15) is 5.41 Å². The topological polar surface area (TPSA) is 99.2 Å². The normalized spacial score (nSPS) is 18.1. The Morgan fingerprint density at radius 2 is 2.00 bits per heavy atom. The van der Waals surface area contributed by atoms with Gasteiger partial charge in [-0.1, -0.05) is 18.0 Å². The summed E-state index contributed by atoms with van der Waals surface area (Å²) in [7, 11) is 0. The molecule has 0 aliphatic heterocycles. The second-order valence-corrected chi connectivity index (χ2v) is 5.27. The van der Waals surface area contributed by atoms with Gasteiger partial charge < -0.3 is 20.9 Å². The first-order valence-corrected chi connectivity index (χ1v) is 6.35. The highest BCUT2D eigenvalue weighted by atomic mass is 16.4. The second-order valence-electron chi connectivity index (χ2n) is 5.27. The fourth-order valence-corrected chi connectivity index (χ4v) is 2.37. The zero-order valence-corrected chi connectivity index (χ0v) is 11.1. The quantitative estimate of drug-likeness (QED) is 0.289. The Labute approximate surface area is 107 Å². The smallest absolute Gasteiger partial charge is 0.236 e. The molecule has 1 aliphatic rings. The molecule has 18 heavy (non-hydrogen) atoms. The van der Waals surface area contributed by atoms with E-state index in [2.05, 4.69) is 5.16 Å². The molecule has 1 rings (SSSR count). The van der Waals surface area contributed by atoms with Gasteiger partial charge in [0.15, 0.2) is 5.84 Å². The van der Waals surface area contributed by atoms with E-state index < -0.39 is 5.41 Å². The molecule has 0 atom stereocenters. The van der Waals surface area contributed by atoms with Crippen LogP contribution >= 0.6 is 0 Å². The Bertz CT molecular complexity index is 323. The molecular formula is C12H23N3O3. The minimum atomic E-state index is -1.05. The number of carbonyl (C=O) groups is 1. The van der Waals surface area contributed by atoms with Crippen LogP contribution in [-0.2, 0) is 4.79 Å². The largest absolute Gasteiger partial charge is 0.409 e. The first kappa shape index (κ1) is 14.8. The van der Waals surface area contributed by atoms with Gasteiger partial charge in [-0.3, -0.25) is 4.79 Å². The maximum atomic E-state index is 12.5. The molecule has 0 bridgehead atoms. The van der Waals surface area contributed by atoms with E-state index in [0.29, 0.717) is 6.54 Å². The van der Waals surface area contributed by atoms with Crippen LogP contribution < -0.4 is 5.73 Å². The van der Waals surface area contributed by atoms with Crippen LogP contribution in [0.5, 0.6) is 0 Å². The zero-order valence-electron chi connectivity index (χ0n) is 11.1. The minimum Gasteiger partial charge on any atom is -0.409 e. The number of nitrogens with zero attached hydrogens (tertiary/aromatic N) is 2. The van der Waals surface area contributed by atoms with Gasteiger partial charge in [0.2, 0.25) is 5.91 Å². The average molecular weight is 257 g/mol. The van der Waals surface area contributed by atoms with Crippen LogP contribution in [0.25, 0.3) is 0 Å². The molecule has 104 valence electrons. The van der Waals surface area contributed by atoms with Crippen LogP contribution in [0.15, 0.2) is 5.16 Å². The van der Waals surface area contributed by atoms with Crippen molar-refractivity contribution in [3.8, 4) is 0 Å². The van der Waals surface area contributed by atoms with E-state index in [0.717, 1.165) is 25.7 Å². The predicted octanol–water partition coefficient (Wildman–Crippen LogP) is 0.522. The molecule has 4 N–H and O–H groups in total. The van der Waals surface area contributed by atoms with Crippen LogP contribution in [0.1, 0.15) is 39.5 Å². The predicted molar refractivity (Wildman–Crippen MR) is 68.2 cm³/mol. The number of carbonyl (C=O) groups excluding carboxylic acids is 1. The third-order valence-electron chi connectivity index (χ3n) is 3.65. The highest BCUT2D eigenvalue weighted by Gasteiger charge is 2.39. The van der Waals surface area contributed by atoms with E-state index in [4.69, 9.17) is 16.0 Å². The average Bonchev–Trinajstić information content (AvgIpc) is 2.87. The molecule has 0 aromatic heterocycles. The molecule has 0 unspecified atom stereocenters. The Morgan fingerprint density at radius 3 is 2.44 bits per heavy atom. The van der Waals surface area contributed by atoms with Gasteiger partial charge in [-0.15, -0.1) is 0 Å². The monoisotopic (exact) mass is 257 g/mol. The van der Waals surface area contributed by atoms with Crippen LogP contribution in [-0.4, -0.2) is 46.1 Å². The van der Waals surface area contributed by atoms with Gasteiger partial charge in [0, 0.05) is 12.6 Å². The van der Waals surface area contributed by atoms with Crippen molar-refractivity contribution in [2.24, 2.45) is 16.3 Å². The summed E-state index contributed by atoms with van der Waals surface area (Å²) < 4.78 is 0. The zero-order chi connectivity index (χ0) is 13.8. The number of amidine groups is 1. The number of aliphatic hydroxyl groups excluding tert-OH is 1. The fraction of sp³-hybridized carbons (Fsp3) is 0.833. The lowest BCUT2D eigenvalue weighted by atomic mass is 9.89. The number of hydrogen-bond donors (Lipinski definition) is 3. The maximum Gasteiger partial charge on any atom is 0.236 e. The maximum absolute atomic E-state index is 12.5. The van der Waals surface area contributed by atoms with E-state index in [1.54, 1.807) is 18.7 Å². The number of oxime groups is 1. The Hall–Kier alpha value is -1.30. The second kappa shape index (κ2) is 6.04. The van der Waals surface area contributed by atoms with Gasteiger partial charge in [-0.25, -0.2) is 0 Å². The Morgan fingerprint density at radius 1 is 1.44 bits per heavy atom. The van der Waals surface area contributed by atoms with Gasteiger partial charge in [0.05, 0.1) is 6.61 Å². The summed E-state index contributed by atoms with van der Waals surface area (Å²) in [5, 5.41) is 20.8. The summed E-state index contributed by atoms with van der Waals surface area (Å²) in [6.07, 6.45) is 4.11. The molecule has 1 fully saturated rings.